The van der Waals surface area contributed by atoms with Gasteiger partial charge in [0.1, 0.15) is 0 Å². The molecule has 0 atom stereocenters. The zero-order chi connectivity index (χ0) is 9.36. The number of rotatable bonds is 4. The molecule has 1 aliphatic carbocycles. The van der Waals surface area contributed by atoms with Crippen LogP contribution in [0.3, 0.4) is 0 Å². The second-order valence-electron chi connectivity index (χ2n) is 3.36. The Labute approximate surface area is 79.7 Å². The van der Waals surface area contributed by atoms with Crippen molar-refractivity contribution in [1.82, 2.24) is 5.48 Å². The molecule has 0 radical (unpaired) electrons. The second-order valence-corrected chi connectivity index (χ2v) is 3.36. The molecular weight excluding hydrogens is 166 g/mol. The van der Waals surface area contributed by atoms with E-state index in [0.717, 1.165) is 12.8 Å². The number of allylic oxidation sites excluding steroid dienone is 2. The first-order valence-corrected chi connectivity index (χ1v) is 5.11. The highest BCUT2D eigenvalue weighted by atomic mass is 16.6. The number of aliphatic hydroxyl groups is 1. The largest absolute Gasteiger partial charge is 0.394 e. The predicted molar refractivity (Wildman–Crippen MR) is 52.0 cm³/mol. The lowest BCUT2D eigenvalue weighted by Gasteiger charge is -2.12. The van der Waals surface area contributed by atoms with Gasteiger partial charge in [0.2, 0.25) is 0 Å². The van der Waals surface area contributed by atoms with Crippen molar-refractivity contribution in [2.75, 3.05) is 13.2 Å². The molecule has 0 aromatic heterocycles. The van der Waals surface area contributed by atoms with E-state index in [4.69, 9.17) is 9.94 Å². The zero-order valence-corrected chi connectivity index (χ0v) is 8.09. The highest BCUT2D eigenvalue weighted by Crippen LogP contribution is 2.14. The lowest BCUT2D eigenvalue weighted by atomic mass is 10.0. The maximum absolute atomic E-state index is 8.51. The maximum atomic E-state index is 8.51. The molecule has 0 aromatic rings. The van der Waals surface area contributed by atoms with Crippen molar-refractivity contribution in [3.63, 3.8) is 0 Å². The first kappa shape index (κ1) is 10.5. The Morgan fingerprint density at radius 2 is 2.15 bits per heavy atom. The summed E-state index contributed by atoms with van der Waals surface area (Å²) in [4.78, 5) is 5.05. The van der Waals surface area contributed by atoms with Crippen LogP contribution in [0.1, 0.15) is 38.5 Å². The molecule has 0 aliphatic heterocycles. The van der Waals surface area contributed by atoms with Crippen LogP contribution in [0.25, 0.3) is 0 Å². The van der Waals surface area contributed by atoms with E-state index in [9.17, 15) is 0 Å². The average Bonchev–Trinajstić information content (AvgIpc) is 2.08. The zero-order valence-electron chi connectivity index (χ0n) is 8.09. The van der Waals surface area contributed by atoms with E-state index in [2.05, 4.69) is 11.6 Å². The van der Waals surface area contributed by atoms with E-state index in [0.29, 0.717) is 6.61 Å². The van der Waals surface area contributed by atoms with Crippen LogP contribution in [-0.4, -0.2) is 18.3 Å². The van der Waals surface area contributed by atoms with E-state index in [1.54, 1.807) is 0 Å². The van der Waals surface area contributed by atoms with Crippen LogP contribution in [0.5, 0.6) is 0 Å². The van der Waals surface area contributed by atoms with Crippen molar-refractivity contribution in [3.8, 4) is 0 Å². The first-order valence-electron chi connectivity index (χ1n) is 5.11. The fourth-order valence-electron chi connectivity index (χ4n) is 1.47. The van der Waals surface area contributed by atoms with Crippen molar-refractivity contribution in [2.24, 2.45) is 0 Å². The summed E-state index contributed by atoms with van der Waals surface area (Å²) in [5.74, 6) is 0. The molecule has 3 nitrogen and oxygen atoms in total. The minimum atomic E-state index is 0.0697. The number of nitrogens with one attached hydrogen (secondary N) is 1. The standard InChI is InChI=1S/C10H19NO2/c12-8-9-13-11-10-6-4-2-1-3-5-7-10/h6,11-12H,1-5,7-9H2. The molecule has 1 aliphatic rings. The first-order chi connectivity index (χ1) is 6.43. The van der Waals surface area contributed by atoms with Gasteiger partial charge >= 0.3 is 0 Å². The molecule has 1 rings (SSSR count). The van der Waals surface area contributed by atoms with Crippen LogP contribution < -0.4 is 5.48 Å². The summed E-state index contributed by atoms with van der Waals surface area (Å²) < 4.78 is 0. The van der Waals surface area contributed by atoms with Gasteiger partial charge in [-0.15, -0.1) is 0 Å². The molecular formula is C10H19NO2. The molecule has 0 heterocycles. The fourth-order valence-corrected chi connectivity index (χ4v) is 1.47. The van der Waals surface area contributed by atoms with Gasteiger partial charge < -0.3 is 5.11 Å². The minimum Gasteiger partial charge on any atom is -0.394 e. The second kappa shape index (κ2) is 6.92. The summed E-state index contributed by atoms with van der Waals surface area (Å²) in [6.07, 6.45) is 9.61. The Bertz CT molecular complexity index is 157. The molecule has 2 N–H and O–H groups in total. The van der Waals surface area contributed by atoms with Gasteiger partial charge in [-0.25, -0.2) is 0 Å². The Kier molecular flexibility index (Phi) is 5.61. The lowest BCUT2D eigenvalue weighted by Crippen LogP contribution is -2.17. The molecule has 0 aromatic carbocycles. The van der Waals surface area contributed by atoms with Gasteiger partial charge in [0.25, 0.3) is 0 Å². The molecule has 0 amide bonds. The summed E-state index contributed by atoms with van der Waals surface area (Å²) in [7, 11) is 0. The molecule has 0 unspecified atom stereocenters. The van der Waals surface area contributed by atoms with Crippen LogP contribution in [-0.2, 0) is 4.84 Å². The van der Waals surface area contributed by atoms with E-state index in [1.165, 1.54) is 31.4 Å². The van der Waals surface area contributed by atoms with Gasteiger partial charge in [-0.2, -0.15) is 0 Å². The monoisotopic (exact) mass is 185 g/mol. The van der Waals surface area contributed by atoms with Crippen LogP contribution in [0.15, 0.2) is 11.8 Å². The SMILES string of the molecule is OCCONC1=CCCCCCC1. The highest BCUT2D eigenvalue weighted by Gasteiger charge is 2.00. The molecule has 76 valence electrons. The van der Waals surface area contributed by atoms with Crippen molar-refractivity contribution < 1.29 is 9.94 Å². The van der Waals surface area contributed by atoms with E-state index in [1.807, 2.05) is 0 Å². The van der Waals surface area contributed by atoms with E-state index < -0.39 is 0 Å². The topological polar surface area (TPSA) is 41.5 Å². The number of hydrogen-bond donors (Lipinski definition) is 2. The average molecular weight is 185 g/mol. The van der Waals surface area contributed by atoms with Crippen molar-refractivity contribution in [3.05, 3.63) is 11.8 Å². The molecule has 0 bridgehead atoms. The van der Waals surface area contributed by atoms with Crippen molar-refractivity contribution in [1.29, 1.82) is 0 Å². The van der Waals surface area contributed by atoms with E-state index in [-0.39, 0.29) is 6.61 Å². The maximum Gasteiger partial charge on any atom is 0.0976 e. The molecule has 0 spiro atoms. The third-order valence-corrected chi connectivity index (χ3v) is 2.19. The minimum absolute atomic E-state index is 0.0697. The fraction of sp³-hybridized carbons (Fsp3) is 0.800. The number of hydroxylamine groups is 1. The van der Waals surface area contributed by atoms with Crippen LogP contribution >= 0.6 is 0 Å². The van der Waals surface area contributed by atoms with Crippen molar-refractivity contribution in [2.45, 2.75) is 38.5 Å². The molecule has 0 fully saturated rings. The quantitative estimate of drug-likeness (QED) is 0.518. The van der Waals surface area contributed by atoms with Gasteiger partial charge in [0, 0.05) is 5.70 Å². The van der Waals surface area contributed by atoms with Crippen molar-refractivity contribution >= 4 is 0 Å². The van der Waals surface area contributed by atoms with Gasteiger partial charge in [0.05, 0.1) is 13.2 Å². The van der Waals surface area contributed by atoms with Gasteiger partial charge in [-0.05, 0) is 25.7 Å². The Morgan fingerprint density at radius 3 is 3.00 bits per heavy atom. The summed E-state index contributed by atoms with van der Waals surface area (Å²) >= 11 is 0. The smallest absolute Gasteiger partial charge is 0.0976 e. The van der Waals surface area contributed by atoms with Crippen LogP contribution in [0.2, 0.25) is 0 Å². The van der Waals surface area contributed by atoms with Gasteiger partial charge in [0.15, 0.2) is 0 Å². The highest BCUT2D eigenvalue weighted by molar-refractivity contribution is 4.98. The Morgan fingerprint density at radius 1 is 1.31 bits per heavy atom. The van der Waals surface area contributed by atoms with Crippen LogP contribution in [0, 0.1) is 0 Å². The third kappa shape index (κ3) is 4.90. The summed E-state index contributed by atoms with van der Waals surface area (Å²) in [6, 6.07) is 0. The number of aliphatic hydroxyl groups excluding tert-OH is 1. The predicted octanol–water partition coefficient (Wildman–Crippen LogP) is 1.74. The normalized spacial score (nSPS) is 18.7. The van der Waals surface area contributed by atoms with Gasteiger partial charge in [-0.1, -0.05) is 18.9 Å². The molecule has 0 saturated carbocycles. The third-order valence-electron chi connectivity index (χ3n) is 2.19. The summed E-state index contributed by atoms with van der Waals surface area (Å²) in [5.41, 5.74) is 4.07. The lowest BCUT2D eigenvalue weighted by molar-refractivity contribution is 0.0331. The molecule has 13 heavy (non-hydrogen) atoms. The van der Waals surface area contributed by atoms with Crippen LogP contribution in [0.4, 0.5) is 0 Å². The molecule has 3 heteroatoms. The summed E-state index contributed by atoms with van der Waals surface area (Å²) in [5, 5.41) is 8.51. The Hall–Kier alpha value is -0.540. The number of hydrogen-bond acceptors (Lipinski definition) is 3. The summed E-state index contributed by atoms with van der Waals surface area (Å²) in [6.45, 7) is 0.428. The molecule has 0 saturated heterocycles. The Balaban J connectivity index is 2.19. The van der Waals surface area contributed by atoms with Gasteiger partial charge in [-0.3, -0.25) is 10.3 Å². The van der Waals surface area contributed by atoms with E-state index >= 15 is 0 Å².